The van der Waals surface area contributed by atoms with Crippen LogP contribution in [0.3, 0.4) is 0 Å². The molecule has 1 aromatic heterocycles. The van der Waals surface area contributed by atoms with E-state index in [9.17, 15) is 0 Å². The molecule has 1 aliphatic rings. The van der Waals surface area contributed by atoms with Crippen molar-refractivity contribution in [1.82, 2.24) is 0 Å². The van der Waals surface area contributed by atoms with Crippen LogP contribution in [0.2, 0.25) is 0 Å². The fraction of sp³-hybridized carbons (Fsp3) is 0.0698. The minimum absolute atomic E-state index is 0.0179. The molecule has 0 saturated heterocycles. The molecule has 0 spiro atoms. The lowest BCUT2D eigenvalue weighted by molar-refractivity contribution is 0.660. The summed E-state index contributed by atoms with van der Waals surface area (Å²) in [7, 11) is 0. The molecule has 0 fully saturated rings. The van der Waals surface area contributed by atoms with Gasteiger partial charge in [0.2, 0.25) is 0 Å². The Kier molecular flexibility index (Phi) is 5.78. The van der Waals surface area contributed by atoms with Crippen LogP contribution in [0.1, 0.15) is 25.0 Å². The van der Waals surface area contributed by atoms with E-state index in [-0.39, 0.29) is 5.41 Å². The number of benzene rings is 7. The van der Waals surface area contributed by atoms with Crippen molar-refractivity contribution >= 4 is 59.3 Å². The Morgan fingerprint density at radius 2 is 1.13 bits per heavy atom. The third kappa shape index (κ3) is 3.99. The van der Waals surface area contributed by atoms with E-state index in [0.717, 1.165) is 5.69 Å². The quantitative estimate of drug-likeness (QED) is 0.196. The van der Waals surface area contributed by atoms with Gasteiger partial charge in [0.25, 0.3) is 0 Å². The zero-order valence-electron chi connectivity index (χ0n) is 25.3. The van der Waals surface area contributed by atoms with Crippen molar-refractivity contribution in [2.24, 2.45) is 0 Å². The third-order valence-electron chi connectivity index (χ3n) is 9.67. The maximum absolute atomic E-state index is 2.45. The summed E-state index contributed by atoms with van der Waals surface area (Å²) in [5.41, 5.74) is 11.5. The summed E-state index contributed by atoms with van der Waals surface area (Å²) in [5.74, 6) is 0. The molecule has 0 N–H and O–H groups in total. The highest BCUT2D eigenvalue weighted by Crippen LogP contribution is 2.50. The Hall–Kier alpha value is -5.18. The Bertz CT molecular complexity index is 2410. The highest BCUT2D eigenvalue weighted by atomic mass is 32.1. The zero-order chi connectivity index (χ0) is 30.1. The van der Waals surface area contributed by atoms with Crippen molar-refractivity contribution < 1.29 is 0 Å². The van der Waals surface area contributed by atoms with Gasteiger partial charge in [-0.1, -0.05) is 129 Å². The van der Waals surface area contributed by atoms with Crippen LogP contribution in [-0.4, -0.2) is 0 Å². The first-order chi connectivity index (χ1) is 22.1. The molecule has 8 aromatic rings. The number of nitrogens with zero attached hydrogens (tertiary/aromatic N) is 1. The summed E-state index contributed by atoms with van der Waals surface area (Å²) in [4.78, 5) is 2.45. The van der Waals surface area contributed by atoms with E-state index in [1.165, 1.54) is 75.7 Å². The van der Waals surface area contributed by atoms with Gasteiger partial charge in [-0.05, 0) is 75.2 Å². The molecule has 0 aliphatic heterocycles. The van der Waals surface area contributed by atoms with E-state index in [2.05, 4.69) is 170 Å². The molecule has 1 heterocycles. The van der Waals surface area contributed by atoms with E-state index in [1.54, 1.807) is 0 Å². The average molecular weight is 594 g/mol. The van der Waals surface area contributed by atoms with Gasteiger partial charge >= 0.3 is 0 Å². The lowest BCUT2D eigenvalue weighted by Crippen LogP contribution is -2.14. The van der Waals surface area contributed by atoms with Gasteiger partial charge in [0, 0.05) is 32.0 Å². The summed E-state index contributed by atoms with van der Waals surface area (Å²) in [5, 5.41) is 5.09. The summed E-state index contributed by atoms with van der Waals surface area (Å²) in [6.45, 7) is 4.70. The van der Waals surface area contributed by atoms with Crippen LogP contribution in [0.4, 0.5) is 17.1 Å². The fourth-order valence-corrected chi connectivity index (χ4v) is 8.61. The normalized spacial score (nSPS) is 13.3. The first kappa shape index (κ1) is 26.2. The van der Waals surface area contributed by atoms with E-state index in [4.69, 9.17) is 0 Å². The minimum atomic E-state index is -0.0179. The second-order valence-electron chi connectivity index (χ2n) is 12.6. The predicted octanol–water partition coefficient (Wildman–Crippen LogP) is 12.7. The third-order valence-corrected chi connectivity index (χ3v) is 10.9. The highest BCUT2D eigenvalue weighted by molar-refractivity contribution is 7.26. The molecule has 0 atom stereocenters. The Morgan fingerprint density at radius 1 is 0.489 bits per heavy atom. The lowest BCUT2D eigenvalue weighted by atomic mass is 9.81. The molecular weight excluding hydrogens is 563 g/mol. The van der Waals surface area contributed by atoms with E-state index < -0.39 is 0 Å². The number of hydrogen-bond donors (Lipinski definition) is 0. The molecule has 0 amide bonds. The van der Waals surface area contributed by atoms with Crippen LogP contribution in [-0.2, 0) is 5.41 Å². The van der Waals surface area contributed by atoms with E-state index >= 15 is 0 Å². The molecule has 0 bridgehead atoms. The SMILES string of the molecule is CC1(C)c2ccccc2-c2ccc(-c3ccc(N(c4cccc5ccccc45)c4cccc5c4sc4ccccc45)cc3)cc21. The van der Waals surface area contributed by atoms with Crippen molar-refractivity contribution in [2.45, 2.75) is 19.3 Å². The maximum Gasteiger partial charge on any atom is 0.0640 e. The smallest absolute Gasteiger partial charge is 0.0640 e. The largest absolute Gasteiger partial charge is 0.308 e. The van der Waals surface area contributed by atoms with Crippen LogP contribution >= 0.6 is 11.3 Å². The standard InChI is InChI=1S/C43H31NS/c1-43(2)37-17-7-5-14-33(37)34-26-23-30(27-38(34)43)28-21-24-31(25-22-28)44(39-18-9-12-29-11-3-4-13-32(29)39)40-19-10-16-36-35-15-6-8-20-41(35)45-42(36)40/h3-27H,1-2H3. The number of rotatable bonds is 4. The summed E-state index contributed by atoms with van der Waals surface area (Å²) >= 11 is 1.88. The van der Waals surface area contributed by atoms with Crippen molar-refractivity contribution in [1.29, 1.82) is 0 Å². The van der Waals surface area contributed by atoms with Crippen molar-refractivity contribution in [2.75, 3.05) is 4.90 Å². The van der Waals surface area contributed by atoms with Crippen molar-refractivity contribution in [3.63, 3.8) is 0 Å². The molecule has 9 rings (SSSR count). The molecule has 214 valence electrons. The van der Waals surface area contributed by atoms with E-state index in [1.807, 2.05) is 11.3 Å². The Balaban J connectivity index is 1.20. The topological polar surface area (TPSA) is 3.24 Å². The first-order valence-electron chi connectivity index (χ1n) is 15.6. The van der Waals surface area contributed by atoms with Crippen LogP contribution in [0.15, 0.2) is 152 Å². The molecule has 2 heteroatoms. The highest BCUT2D eigenvalue weighted by Gasteiger charge is 2.35. The molecule has 1 aliphatic carbocycles. The van der Waals surface area contributed by atoms with Crippen LogP contribution in [0.5, 0.6) is 0 Å². The van der Waals surface area contributed by atoms with Crippen LogP contribution < -0.4 is 4.90 Å². The van der Waals surface area contributed by atoms with Gasteiger partial charge < -0.3 is 4.90 Å². The monoisotopic (exact) mass is 593 g/mol. The van der Waals surface area contributed by atoms with E-state index in [0.29, 0.717) is 0 Å². The van der Waals surface area contributed by atoms with Gasteiger partial charge in [-0.2, -0.15) is 0 Å². The molecule has 45 heavy (non-hydrogen) atoms. The fourth-order valence-electron chi connectivity index (χ4n) is 7.41. The second kappa shape index (κ2) is 9.92. The zero-order valence-corrected chi connectivity index (χ0v) is 26.1. The average Bonchev–Trinajstić information content (AvgIpc) is 3.58. The molecule has 0 radical (unpaired) electrons. The van der Waals surface area contributed by atoms with Gasteiger partial charge in [-0.15, -0.1) is 11.3 Å². The maximum atomic E-state index is 2.45. The lowest BCUT2D eigenvalue weighted by Gasteiger charge is -2.27. The predicted molar refractivity (Wildman–Crippen MR) is 195 cm³/mol. The molecular formula is C43H31NS. The second-order valence-corrected chi connectivity index (χ2v) is 13.6. The summed E-state index contributed by atoms with van der Waals surface area (Å²) < 4.78 is 2.62. The Morgan fingerprint density at radius 3 is 2.02 bits per heavy atom. The number of hydrogen-bond acceptors (Lipinski definition) is 2. The van der Waals surface area contributed by atoms with Crippen LogP contribution in [0.25, 0.3) is 53.2 Å². The first-order valence-corrected chi connectivity index (χ1v) is 16.4. The van der Waals surface area contributed by atoms with Crippen molar-refractivity contribution in [3.05, 3.63) is 163 Å². The number of thiophene rings is 1. The summed E-state index contributed by atoms with van der Waals surface area (Å²) in [6.07, 6.45) is 0. The Labute approximate surface area is 267 Å². The molecule has 0 unspecified atom stereocenters. The number of fused-ring (bicyclic) bond motifs is 7. The van der Waals surface area contributed by atoms with Gasteiger partial charge in [0.1, 0.15) is 0 Å². The van der Waals surface area contributed by atoms with Gasteiger partial charge in [-0.3, -0.25) is 0 Å². The molecule has 7 aromatic carbocycles. The van der Waals surface area contributed by atoms with Crippen LogP contribution in [0, 0.1) is 0 Å². The molecule has 0 saturated carbocycles. The number of anilines is 3. The van der Waals surface area contributed by atoms with Crippen molar-refractivity contribution in [3.8, 4) is 22.3 Å². The molecule has 1 nitrogen and oxygen atoms in total. The van der Waals surface area contributed by atoms with Gasteiger partial charge in [0.15, 0.2) is 0 Å². The minimum Gasteiger partial charge on any atom is -0.308 e. The van der Waals surface area contributed by atoms with Gasteiger partial charge in [-0.25, -0.2) is 0 Å². The summed E-state index contributed by atoms with van der Waals surface area (Å²) in [6, 6.07) is 55.8. The van der Waals surface area contributed by atoms with Gasteiger partial charge in [0.05, 0.1) is 16.1 Å².